The van der Waals surface area contributed by atoms with Gasteiger partial charge in [-0.15, -0.1) is 0 Å². The summed E-state index contributed by atoms with van der Waals surface area (Å²) >= 11 is 0. The van der Waals surface area contributed by atoms with Crippen LogP contribution in [0.5, 0.6) is 5.75 Å². The Hall–Kier alpha value is -4.60. The third kappa shape index (κ3) is 5.48. The minimum atomic E-state index is -0.734. The molecule has 0 aromatic heterocycles. The van der Waals surface area contributed by atoms with E-state index >= 15 is 0 Å². The van der Waals surface area contributed by atoms with E-state index in [-0.39, 0.29) is 5.69 Å². The third-order valence-electron chi connectivity index (χ3n) is 4.17. The Labute approximate surface area is 176 Å². The molecule has 10 heteroatoms. The predicted molar refractivity (Wildman–Crippen MR) is 114 cm³/mol. The van der Waals surface area contributed by atoms with Crippen LogP contribution in [0.25, 0.3) is 0 Å². The molecule has 31 heavy (non-hydrogen) atoms. The van der Waals surface area contributed by atoms with E-state index in [1.54, 1.807) is 36.4 Å². The lowest BCUT2D eigenvalue weighted by Crippen LogP contribution is -2.08. The van der Waals surface area contributed by atoms with Gasteiger partial charge in [-0.05, 0) is 55.0 Å². The Balaban J connectivity index is 1.65. The first-order valence-electron chi connectivity index (χ1n) is 8.94. The average Bonchev–Trinajstić information content (AvgIpc) is 2.75. The smallest absolute Gasteiger partial charge is 0.343 e. The molecule has 156 valence electrons. The number of aryl methyl sites for hydroxylation is 1. The zero-order chi connectivity index (χ0) is 22.4. The molecule has 0 bridgehead atoms. The number of hydrazone groups is 1. The van der Waals surface area contributed by atoms with E-state index in [0.29, 0.717) is 16.9 Å². The predicted octanol–water partition coefficient (Wildman–Crippen LogP) is 4.48. The Morgan fingerprint density at radius 2 is 1.65 bits per heavy atom. The molecule has 0 aliphatic carbocycles. The number of carbonyl (C=O) groups excluding carboxylic acids is 1. The number of rotatable bonds is 7. The van der Waals surface area contributed by atoms with E-state index in [0.717, 1.165) is 17.7 Å². The molecule has 0 fully saturated rings. The zero-order valence-corrected chi connectivity index (χ0v) is 16.2. The van der Waals surface area contributed by atoms with Crippen molar-refractivity contribution in [3.8, 4) is 5.75 Å². The Bertz CT molecular complexity index is 1160. The summed E-state index contributed by atoms with van der Waals surface area (Å²) in [5, 5.41) is 25.8. The number of anilines is 1. The topological polar surface area (TPSA) is 137 Å². The van der Waals surface area contributed by atoms with Crippen molar-refractivity contribution in [2.24, 2.45) is 5.10 Å². The molecule has 0 aliphatic rings. The number of nitrogens with one attached hydrogen (secondary N) is 1. The summed E-state index contributed by atoms with van der Waals surface area (Å²) in [5.41, 5.74) is 3.75. The molecule has 3 rings (SSSR count). The summed E-state index contributed by atoms with van der Waals surface area (Å²) in [6.45, 7) is 1.92. The summed E-state index contributed by atoms with van der Waals surface area (Å²) in [7, 11) is 0. The van der Waals surface area contributed by atoms with Crippen molar-refractivity contribution >= 4 is 29.2 Å². The second-order valence-corrected chi connectivity index (χ2v) is 6.41. The van der Waals surface area contributed by atoms with Gasteiger partial charge < -0.3 is 4.74 Å². The van der Waals surface area contributed by atoms with E-state index < -0.39 is 27.2 Å². The van der Waals surface area contributed by atoms with Crippen molar-refractivity contribution in [1.82, 2.24) is 0 Å². The number of esters is 1. The van der Waals surface area contributed by atoms with Crippen LogP contribution in [0.1, 0.15) is 21.5 Å². The van der Waals surface area contributed by atoms with Crippen LogP contribution >= 0.6 is 0 Å². The number of benzene rings is 3. The fourth-order valence-electron chi connectivity index (χ4n) is 2.53. The number of carbonyl (C=O) groups is 1. The molecule has 0 saturated carbocycles. The lowest BCUT2D eigenvalue weighted by atomic mass is 10.1. The zero-order valence-electron chi connectivity index (χ0n) is 16.2. The van der Waals surface area contributed by atoms with Crippen molar-refractivity contribution in [2.45, 2.75) is 6.92 Å². The summed E-state index contributed by atoms with van der Waals surface area (Å²) in [6.07, 6.45) is 1.40. The van der Waals surface area contributed by atoms with E-state index in [2.05, 4.69) is 10.5 Å². The van der Waals surface area contributed by atoms with Crippen LogP contribution in [0.2, 0.25) is 0 Å². The molecular weight excluding hydrogens is 404 g/mol. The highest BCUT2D eigenvalue weighted by molar-refractivity contribution is 5.91. The molecule has 0 unspecified atom stereocenters. The van der Waals surface area contributed by atoms with E-state index in [1.807, 2.05) is 19.1 Å². The molecule has 0 heterocycles. The van der Waals surface area contributed by atoms with Crippen LogP contribution in [-0.2, 0) is 0 Å². The Morgan fingerprint density at radius 3 is 2.26 bits per heavy atom. The second kappa shape index (κ2) is 9.27. The minimum absolute atomic E-state index is 0.00972. The van der Waals surface area contributed by atoms with Crippen molar-refractivity contribution in [1.29, 1.82) is 0 Å². The van der Waals surface area contributed by atoms with Crippen LogP contribution in [0.3, 0.4) is 0 Å². The molecule has 1 N–H and O–H groups in total. The van der Waals surface area contributed by atoms with Gasteiger partial charge in [-0.25, -0.2) is 4.79 Å². The monoisotopic (exact) mass is 420 g/mol. The number of hydrogen-bond acceptors (Lipinski definition) is 8. The van der Waals surface area contributed by atoms with Crippen LogP contribution in [0.4, 0.5) is 17.1 Å². The number of non-ortho nitro benzene ring substituents is 1. The van der Waals surface area contributed by atoms with Crippen LogP contribution in [0, 0.1) is 27.2 Å². The summed E-state index contributed by atoms with van der Waals surface area (Å²) in [4.78, 5) is 32.6. The lowest BCUT2D eigenvalue weighted by molar-refractivity contribution is -0.393. The van der Waals surface area contributed by atoms with Gasteiger partial charge in [0.1, 0.15) is 11.4 Å². The number of ether oxygens (including phenoxy) is 1. The quantitative estimate of drug-likeness (QED) is 0.196. The first-order valence-corrected chi connectivity index (χ1v) is 8.94. The fraction of sp³-hybridized carbons (Fsp3) is 0.0476. The molecule has 0 spiro atoms. The standard InChI is InChI=1S/C21H16N4O6/c1-14-2-6-16(7-3-14)21(26)31-18-9-4-15(5-10-18)13-22-23-19-11-8-17(24(27)28)12-20(19)25(29)30/h2-13,23H,1H3. The molecule has 0 atom stereocenters. The van der Waals surface area contributed by atoms with Gasteiger partial charge in [-0.3, -0.25) is 25.7 Å². The normalized spacial score (nSPS) is 10.6. The molecule has 0 aliphatic heterocycles. The van der Waals surface area contributed by atoms with Crippen molar-refractivity contribution in [3.05, 3.63) is 104 Å². The van der Waals surface area contributed by atoms with Crippen LogP contribution in [-0.4, -0.2) is 22.0 Å². The first-order chi connectivity index (χ1) is 14.8. The summed E-state index contributed by atoms with van der Waals surface area (Å²) in [5.74, 6) is -0.129. The SMILES string of the molecule is Cc1ccc(C(=O)Oc2ccc(C=NNc3ccc([N+](=O)[O-])cc3[N+](=O)[O-])cc2)cc1. The minimum Gasteiger partial charge on any atom is -0.423 e. The van der Waals surface area contributed by atoms with Crippen molar-refractivity contribution in [3.63, 3.8) is 0 Å². The second-order valence-electron chi connectivity index (χ2n) is 6.41. The maximum atomic E-state index is 12.1. The summed E-state index contributed by atoms with van der Waals surface area (Å²) in [6, 6.07) is 16.7. The van der Waals surface area contributed by atoms with Crippen molar-refractivity contribution in [2.75, 3.05) is 5.43 Å². The molecular formula is C21H16N4O6. The third-order valence-corrected chi connectivity index (χ3v) is 4.17. The molecule has 0 saturated heterocycles. The van der Waals surface area contributed by atoms with E-state index in [1.165, 1.54) is 12.3 Å². The fourth-order valence-corrected chi connectivity index (χ4v) is 2.53. The van der Waals surface area contributed by atoms with Crippen molar-refractivity contribution < 1.29 is 19.4 Å². The van der Waals surface area contributed by atoms with Gasteiger partial charge in [0.2, 0.25) is 0 Å². The Kier molecular flexibility index (Phi) is 6.31. The summed E-state index contributed by atoms with van der Waals surface area (Å²) < 4.78 is 5.31. The number of nitro groups is 2. The van der Waals surface area contributed by atoms with E-state index in [4.69, 9.17) is 4.74 Å². The van der Waals surface area contributed by atoms with Gasteiger partial charge in [0, 0.05) is 6.07 Å². The molecule has 3 aromatic rings. The van der Waals surface area contributed by atoms with Gasteiger partial charge in [0.25, 0.3) is 5.69 Å². The average molecular weight is 420 g/mol. The van der Waals surface area contributed by atoms with Gasteiger partial charge in [0.15, 0.2) is 0 Å². The van der Waals surface area contributed by atoms with Gasteiger partial charge in [0.05, 0.1) is 27.7 Å². The molecule has 0 amide bonds. The largest absolute Gasteiger partial charge is 0.423 e. The highest BCUT2D eigenvalue weighted by Crippen LogP contribution is 2.28. The first kappa shape index (κ1) is 21.1. The highest BCUT2D eigenvalue weighted by atomic mass is 16.6. The van der Waals surface area contributed by atoms with Gasteiger partial charge in [-0.2, -0.15) is 5.10 Å². The molecule has 10 nitrogen and oxygen atoms in total. The van der Waals surface area contributed by atoms with E-state index in [9.17, 15) is 25.0 Å². The highest BCUT2D eigenvalue weighted by Gasteiger charge is 2.19. The Morgan fingerprint density at radius 1 is 0.968 bits per heavy atom. The molecule has 3 aromatic carbocycles. The maximum absolute atomic E-state index is 12.1. The van der Waals surface area contributed by atoms with Gasteiger partial charge >= 0.3 is 11.7 Å². The number of nitrogens with zero attached hydrogens (tertiary/aromatic N) is 3. The van der Waals surface area contributed by atoms with Crippen LogP contribution in [0.15, 0.2) is 71.8 Å². The lowest BCUT2D eigenvalue weighted by Gasteiger charge is -2.05. The maximum Gasteiger partial charge on any atom is 0.343 e. The molecule has 0 radical (unpaired) electrons. The number of nitro benzene ring substituents is 2. The van der Waals surface area contributed by atoms with Crippen LogP contribution < -0.4 is 10.2 Å². The number of hydrogen-bond donors (Lipinski definition) is 1. The van der Waals surface area contributed by atoms with Gasteiger partial charge in [-0.1, -0.05) is 17.7 Å².